The predicted molar refractivity (Wildman–Crippen MR) is 115 cm³/mol. The van der Waals surface area contributed by atoms with Crippen LogP contribution >= 0.6 is 24.0 Å². The molecule has 0 saturated carbocycles. The van der Waals surface area contributed by atoms with Crippen molar-refractivity contribution in [3.8, 4) is 17.2 Å². The molecule has 0 spiro atoms. The summed E-state index contributed by atoms with van der Waals surface area (Å²) in [6.45, 7) is -1.91. The van der Waals surface area contributed by atoms with Gasteiger partial charge in [-0.15, -0.1) is 24.0 Å². The van der Waals surface area contributed by atoms with Gasteiger partial charge in [0.25, 0.3) is 0 Å². The number of alkyl halides is 2. The maximum atomic E-state index is 12.3. The second-order valence-electron chi connectivity index (χ2n) is 5.49. The van der Waals surface area contributed by atoms with Gasteiger partial charge >= 0.3 is 6.61 Å². The van der Waals surface area contributed by atoms with Gasteiger partial charge in [-0.25, -0.2) is 0 Å². The van der Waals surface area contributed by atoms with Crippen molar-refractivity contribution >= 4 is 29.9 Å². The Bertz CT molecular complexity index is 776. The Kier molecular flexibility index (Phi) is 10.4. The Morgan fingerprint density at radius 3 is 2.18 bits per heavy atom. The summed E-state index contributed by atoms with van der Waals surface area (Å²) >= 11 is 0. The number of benzene rings is 2. The minimum Gasteiger partial charge on any atom is -0.493 e. The minimum atomic E-state index is -2.84. The van der Waals surface area contributed by atoms with E-state index in [1.165, 1.54) is 6.07 Å². The Morgan fingerprint density at radius 1 is 0.964 bits per heavy atom. The lowest BCUT2D eigenvalue weighted by molar-refractivity contribution is -0.0498. The number of methoxy groups -OCH3 is 2. The summed E-state index contributed by atoms with van der Waals surface area (Å²) in [5, 5.41) is 6.31. The van der Waals surface area contributed by atoms with Gasteiger partial charge < -0.3 is 24.8 Å². The fraction of sp³-hybridized carbons (Fsp3) is 0.316. The zero-order valence-corrected chi connectivity index (χ0v) is 18.2. The molecule has 28 heavy (non-hydrogen) atoms. The molecule has 0 aliphatic carbocycles. The van der Waals surface area contributed by atoms with Gasteiger partial charge in [-0.05, 0) is 35.4 Å². The lowest BCUT2D eigenvalue weighted by Crippen LogP contribution is -2.36. The molecule has 2 aromatic rings. The normalized spacial score (nSPS) is 10.9. The molecule has 9 heteroatoms. The van der Waals surface area contributed by atoms with Crippen LogP contribution in [-0.2, 0) is 13.1 Å². The zero-order valence-electron chi connectivity index (χ0n) is 15.9. The smallest absolute Gasteiger partial charge is 0.387 e. The molecule has 0 heterocycles. The summed E-state index contributed by atoms with van der Waals surface area (Å²) in [5.74, 6) is 2.01. The molecule has 0 aliphatic heterocycles. The van der Waals surface area contributed by atoms with Gasteiger partial charge in [0, 0.05) is 20.1 Å². The third kappa shape index (κ3) is 7.37. The molecule has 0 radical (unpaired) electrons. The molecule has 2 rings (SSSR count). The molecular weight excluding hydrogens is 483 g/mol. The third-order valence-electron chi connectivity index (χ3n) is 3.72. The number of aliphatic imine (C=N–C) groups is 1. The Balaban J connectivity index is 0.00000392. The van der Waals surface area contributed by atoms with Crippen molar-refractivity contribution in [2.24, 2.45) is 4.99 Å². The average Bonchev–Trinajstić information content (AvgIpc) is 2.67. The molecule has 154 valence electrons. The van der Waals surface area contributed by atoms with Crippen LogP contribution in [0.1, 0.15) is 11.1 Å². The number of hydrogen-bond acceptors (Lipinski definition) is 4. The molecule has 0 amide bonds. The first kappa shape index (κ1) is 23.7. The summed E-state index contributed by atoms with van der Waals surface area (Å²) < 4.78 is 39.5. The van der Waals surface area contributed by atoms with E-state index < -0.39 is 6.61 Å². The van der Waals surface area contributed by atoms with Crippen molar-refractivity contribution in [3.05, 3.63) is 53.6 Å². The highest BCUT2D eigenvalue weighted by atomic mass is 127. The number of ether oxygens (including phenoxy) is 3. The Morgan fingerprint density at radius 2 is 1.61 bits per heavy atom. The molecule has 0 fully saturated rings. The summed E-state index contributed by atoms with van der Waals surface area (Å²) in [6, 6.07) is 12.2. The quantitative estimate of drug-likeness (QED) is 0.324. The molecule has 2 aromatic carbocycles. The first-order valence-corrected chi connectivity index (χ1v) is 8.25. The molecular formula is C19H24F2IN3O3. The standard InChI is InChI=1S/C19H23F2N3O3.HI/c1-22-19(23-11-13-5-4-6-15(9-13)27-18(20)21)24-12-14-7-8-16(25-2)17(10-14)26-3;/h4-10,18H,11-12H2,1-3H3,(H2,22,23,24);1H. The largest absolute Gasteiger partial charge is 0.493 e. The monoisotopic (exact) mass is 507 g/mol. The van der Waals surface area contributed by atoms with E-state index in [2.05, 4.69) is 20.4 Å². The second kappa shape index (κ2) is 12.2. The number of nitrogens with one attached hydrogen (secondary N) is 2. The highest BCUT2D eigenvalue weighted by molar-refractivity contribution is 14.0. The molecule has 0 aromatic heterocycles. The summed E-state index contributed by atoms with van der Waals surface area (Å²) in [6.07, 6.45) is 0. The van der Waals surface area contributed by atoms with Gasteiger partial charge in [-0.1, -0.05) is 18.2 Å². The summed E-state index contributed by atoms with van der Waals surface area (Å²) in [4.78, 5) is 4.15. The van der Waals surface area contributed by atoms with E-state index in [1.54, 1.807) is 33.4 Å². The third-order valence-corrected chi connectivity index (χ3v) is 3.72. The molecule has 0 saturated heterocycles. The van der Waals surface area contributed by atoms with Crippen LogP contribution in [0.4, 0.5) is 8.78 Å². The van der Waals surface area contributed by atoms with E-state index >= 15 is 0 Å². The van der Waals surface area contributed by atoms with Gasteiger partial charge in [0.2, 0.25) is 0 Å². The fourth-order valence-corrected chi connectivity index (χ4v) is 2.41. The molecule has 0 bridgehead atoms. The van der Waals surface area contributed by atoms with Crippen LogP contribution in [0.3, 0.4) is 0 Å². The topological polar surface area (TPSA) is 64.1 Å². The van der Waals surface area contributed by atoms with Crippen LogP contribution in [0.15, 0.2) is 47.5 Å². The highest BCUT2D eigenvalue weighted by Gasteiger charge is 2.07. The fourth-order valence-electron chi connectivity index (χ4n) is 2.41. The summed E-state index contributed by atoms with van der Waals surface area (Å²) in [7, 11) is 4.82. The van der Waals surface area contributed by atoms with Crippen molar-refractivity contribution in [1.82, 2.24) is 10.6 Å². The lowest BCUT2D eigenvalue weighted by Gasteiger charge is -2.14. The zero-order chi connectivity index (χ0) is 19.6. The van der Waals surface area contributed by atoms with Gasteiger partial charge in [-0.3, -0.25) is 4.99 Å². The Labute approximate surface area is 180 Å². The molecule has 0 unspecified atom stereocenters. The molecule has 0 atom stereocenters. The van der Waals surface area contributed by atoms with E-state index in [4.69, 9.17) is 9.47 Å². The van der Waals surface area contributed by atoms with E-state index in [9.17, 15) is 8.78 Å². The lowest BCUT2D eigenvalue weighted by atomic mass is 10.2. The minimum absolute atomic E-state index is 0. The van der Waals surface area contributed by atoms with Crippen molar-refractivity contribution in [3.63, 3.8) is 0 Å². The number of rotatable bonds is 8. The van der Waals surface area contributed by atoms with Crippen LogP contribution in [0.2, 0.25) is 0 Å². The maximum absolute atomic E-state index is 12.3. The Hall–Kier alpha value is -2.30. The highest BCUT2D eigenvalue weighted by Crippen LogP contribution is 2.27. The van der Waals surface area contributed by atoms with Crippen LogP contribution in [0, 0.1) is 0 Å². The molecule has 0 aliphatic rings. The van der Waals surface area contributed by atoms with Crippen LogP contribution in [-0.4, -0.2) is 33.8 Å². The first-order valence-electron chi connectivity index (χ1n) is 8.25. The average molecular weight is 507 g/mol. The molecule has 2 N–H and O–H groups in total. The maximum Gasteiger partial charge on any atom is 0.387 e. The number of nitrogens with zero attached hydrogens (tertiary/aromatic N) is 1. The number of halogens is 3. The van der Waals surface area contributed by atoms with Gasteiger partial charge in [0.15, 0.2) is 17.5 Å². The number of hydrogen-bond donors (Lipinski definition) is 2. The van der Waals surface area contributed by atoms with E-state index in [-0.39, 0.29) is 29.7 Å². The number of guanidine groups is 1. The van der Waals surface area contributed by atoms with Gasteiger partial charge in [-0.2, -0.15) is 8.78 Å². The first-order chi connectivity index (χ1) is 13.0. The van der Waals surface area contributed by atoms with Crippen molar-refractivity contribution < 1.29 is 23.0 Å². The van der Waals surface area contributed by atoms with Crippen LogP contribution in [0.25, 0.3) is 0 Å². The van der Waals surface area contributed by atoms with E-state index in [0.717, 1.165) is 11.1 Å². The van der Waals surface area contributed by atoms with Gasteiger partial charge in [0.1, 0.15) is 5.75 Å². The van der Waals surface area contributed by atoms with Gasteiger partial charge in [0.05, 0.1) is 14.2 Å². The SMILES string of the molecule is CN=C(NCc1cccc(OC(F)F)c1)NCc1ccc(OC)c(OC)c1.I. The van der Waals surface area contributed by atoms with Crippen molar-refractivity contribution in [2.75, 3.05) is 21.3 Å². The summed E-state index contributed by atoms with van der Waals surface area (Å²) in [5.41, 5.74) is 1.78. The predicted octanol–water partition coefficient (Wildman–Crippen LogP) is 3.79. The molecule has 6 nitrogen and oxygen atoms in total. The second-order valence-corrected chi connectivity index (χ2v) is 5.49. The van der Waals surface area contributed by atoms with Crippen molar-refractivity contribution in [1.29, 1.82) is 0 Å². The van der Waals surface area contributed by atoms with Crippen LogP contribution in [0.5, 0.6) is 17.2 Å². The van der Waals surface area contributed by atoms with Crippen molar-refractivity contribution in [2.45, 2.75) is 19.7 Å². The van der Waals surface area contributed by atoms with E-state index in [0.29, 0.717) is 30.5 Å². The van der Waals surface area contributed by atoms with Crippen LogP contribution < -0.4 is 24.8 Å². The van der Waals surface area contributed by atoms with E-state index in [1.807, 2.05) is 24.3 Å².